The van der Waals surface area contributed by atoms with Crippen LogP contribution in [0.1, 0.15) is 19.4 Å². The van der Waals surface area contributed by atoms with Crippen LogP contribution in [-0.2, 0) is 16.1 Å². The summed E-state index contributed by atoms with van der Waals surface area (Å²) in [5.74, 6) is -0.571. The van der Waals surface area contributed by atoms with Crippen molar-refractivity contribution in [1.29, 1.82) is 0 Å². The Morgan fingerprint density at radius 2 is 2.20 bits per heavy atom. The number of hydrogen-bond acceptors (Lipinski definition) is 4. The van der Waals surface area contributed by atoms with Gasteiger partial charge in [-0.2, -0.15) is 0 Å². The quantitative estimate of drug-likeness (QED) is 0.822. The predicted molar refractivity (Wildman–Crippen MR) is 78.8 cm³/mol. The Hall–Kier alpha value is -1.59. The Kier molecular flexibility index (Phi) is 4.62. The lowest BCUT2D eigenvalue weighted by atomic mass is 10.1. The Morgan fingerprint density at radius 1 is 1.45 bits per heavy atom. The molecule has 0 radical (unpaired) electrons. The third-order valence-electron chi connectivity index (χ3n) is 3.38. The maximum Gasteiger partial charge on any atom is 0.249 e. The lowest BCUT2D eigenvalue weighted by molar-refractivity contribution is -0.132. The molecule has 1 aromatic carbocycles. The van der Waals surface area contributed by atoms with Crippen LogP contribution in [0.15, 0.2) is 18.2 Å². The van der Waals surface area contributed by atoms with E-state index in [-0.39, 0.29) is 18.4 Å². The summed E-state index contributed by atoms with van der Waals surface area (Å²) in [7, 11) is 0. The second kappa shape index (κ2) is 6.24. The predicted octanol–water partition coefficient (Wildman–Crippen LogP) is 1.30. The van der Waals surface area contributed by atoms with Crippen LogP contribution in [0, 0.1) is 0 Å². The Balaban J connectivity index is 2.37. The summed E-state index contributed by atoms with van der Waals surface area (Å²) >= 11 is 6.25. The second-order valence-corrected chi connectivity index (χ2v) is 5.14. The number of benzene rings is 1. The van der Waals surface area contributed by atoms with E-state index in [1.54, 1.807) is 11.8 Å². The number of piperazine rings is 1. The summed E-state index contributed by atoms with van der Waals surface area (Å²) in [5, 5.41) is 6.20. The van der Waals surface area contributed by atoms with Gasteiger partial charge in [0.2, 0.25) is 11.8 Å². The van der Waals surface area contributed by atoms with E-state index in [0.29, 0.717) is 11.6 Å². The van der Waals surface area contributed by atoms with E-state index < -0.39 is 6.04 Å². The number of halogens is 1. The summed E-state index contributed by atoms with van der Waals surface area (Å²) in [6, 6.07) is 5.14. The highest BCUT2D eigenvalue weighted by Gasteiger charge is 2.31. The van der Waals surface area contributed by atoms with Crippen molar-refractivity contribution in [3.05, 3.63) is 28.8 Å². The van der Waals surface area contributed by atoms with Gasteiger partial charge in [-0.25, -0.2) is 0 Å². The molecule has 0 aliphatic carbocycles. The average molecular weight is 296 g/mol. The molecular formula is C14H18ClN3O2. The van der Waals surface area contributed by atoms with E-state index in [1.165, 1.54) is 0 Å². The van der Waals surface area contributed by atoms with Crippen molar-refractivity contribution in [2.75, 3.05) is 18.0 Å². The fourth-order valence-corrected chi connectivity index (χ4v) is 2.49. The molecule has 1 unspecified atom stereocenters. The van der Waals surface area contributed by atoms with Gasteiger partial charge in [-0.05, 0) is 25.6 Å². The number of nitrogens with one attached hydrogen (secondary N) is 2. The molecule has 6 heteroatoms. The number of amides is 2. The topological polar surface area (TPSA) is 61.4 Å². The van der Waals surface area contributed by atoms with E-state index >= 15 is 0 Å². The minimum atomic E-state index is -0.397. The molecule has 5 nitrogen and oxygen atoms in total. The number of carbonyl (C=O) groups is 2. The minimum absolute atomic E-state index is 0.159. The molecule has 20 heavy (non-hydrogen) atoms. The average Bonchev–Trinajstić information content (AvgIpc) is 2.41. The maximum atomic E-state index is 11.8. The number of rotatable bonds is 4. The summed E-state index contributed by atoms with van der Waals surface area (Å²) in [5.41, 5.74) is 1.74. The third kappa shape index (κ3) is 2.94. The zero-order valence-electron chi connectivity index (χ0n) is 11.6. The monoisotopic (exact) mass is 295 g/mol. The Labute approximate surface area is 123 Å². The molecule has 108 valence electrons. The SMILES string of the molecule is CCNCc1c(Cl)cccc1N1CC(=O)NC(=O)C1C. The third-order valence-corrected chi connectivity index (χ3v) is 3.73. The summed E-state index contributed by atoms with van der Waals surface area (Å²) in [6.45, 7) is 5.37. The number of imide groups is 1. The smallest absolute Gasteiger partial charge is 0.249 e. The van der Waals surface area contributed by atoms with Crippen LogP contribution in [0.25, 0.3) is 0 Å². The molecular weight excluding hydrogens is 278 g/mol. The standard InChI is InChI=1S/C14H18ClN3O2/c1-3-16-7-10-11(15)5-4-6-12(10)18-8-13(19)17-14(20)9(18)2/h4-6,9,16H,3,7-8H2,1-2H3,(H,17,19,20). The van der Waals surface area contributed by atoms with Crippen molar-refractivity contribution in [2.45, 2.75) is 26.4 Å². The zero-order valence-corrected chi connectivity index (χ0v) is 12.3. The van der Waals surface area contributed by atoms with Gasteiger partial charge in [-0.1, -0.05) is 24.6 Å². The van der Waals surface area contributed by atoms with Gasteiger partial charge in [0.25, 0.3) is 0 Å². The summed E-state index contributed by atoms with van der Waals surface area (Å²) in [4.78, 5) is 25.2. The van der Waals surface area contributed by atoms with E-state index in [9.17, 15) is 9.59 Å². The number of anilines is 1. The lowest BCUT2D eigenvalue weighted by Gasteiger charge is -2.35. The van der Waals surface area contributed by atoms with Crippen molar-refractivity contribution in [1.82, 2.24) is 10.6 Å². The van der Waals surface area contributed by atoms with Gasteiger partial charge >= 0.3 is 0 Å². The first-order valence-electron chi connectivity index (χ1n) is 6.63. The molecule has 2 N–H and O–H groups in total. The van der Waals surface area contributed by atoms with Gasteiger partial charge in [0, 0.05) is 22.8 Å². The molecule has 1 aliphatic heterocycles. The molecule has 2 amide bonds. The summed E-state index contributed by atoms with van der Waals surface area (Å²) < 4.78 is 0. The highest BCUT2D eigenvalue weighted by molar-refractivity contribution is 6.31. The first kappa shape index (κ1) is 14.8. The molecule has 1 atom stereocenters. The van der Waals surface area contributed by atoms with Crippen LogP contribution in [0.4, 0.5) is 5.69 Å². The number of carbonyl (C=O) groups excluding carboxylic acids is 2. The van der Waals surface area contributed by atoms with Gasteiger partial charge in [0.05, 0.1) is 6.54 Å². The van der Waals surface area contributed by atoms with Crippen molar-refractivity contribution < 1.29 is 9.59 Å². The maximum absolute atomic E-state index is 11.8. The van der Waals surface area contributed by atoms with Crippen LogP contribution in [0.3, 0.4) is 0 Å². The largest absolute Gasteiger partial charge is 0.350 e. The Morgan fingerprint density at radius 3 is 2.90 bits per heavy atom. The number of hydrogen-bond donors (Lipinski definition) is 2. The van der Waals surface area contributed by atoms with Crippen molar-refractivity contribution >= 4 is 29.1 Å². The molecule has 1 saturated heterocycles. The highest BCUT2D eigenvalue weighted by Crippen LogP contribution is 2.29. The molecule has 0 aromatic heterocycles. The van der Waals surface area contributed by atoms with Crippen LogP contribution in [-0.4, -0.2) is 30.9 Å². The van der Waals surface area contributed by atoms with Gasteiger partial charge in [0.15, 0.2) is 0 Å². The molecule has 1 aliphatic rings. The van der Waals surface area contributed by atoms with E-state index in [2.05, 4.69) is 10.6 Å². The van der Waals surface area contributed by atoms with E-state index in [1.807, 2.05) is 25.1 Å². The van der Waals surface area contributed by atoms with Crippen molar-refractivity contribution in [3.8, 4) is 0 Å². The molecule has 0 saturated carbocycles. The van der Waals surface area contributed by atoms with Crippen LogP contribution >= 0.6 is 11.6 Å². The number of nitrogens with zero attached hydrogens (tertiary/aromatic N) is 1. The molecule has 1 aromatic rings. The van der Waals surface area contributed by atoms with Gasteiger partial charge in [-0.3, -0.25) is 14.9 Å². The van der Waals surface area contributed by atoms with Gasteiger partial charge in [0.1, 0.15) is 6.04 Å². The van der Waals surface area contributed by atoms with Gasteiger partial charge in [-0.15, -0.1) is 0 Å². The lowest BCUT2D eigenvalue weighted by Crippen LogP contribution is -2.57. The van der Waals surface area contributed by atoms with Gasteiger partial charge < -0.3 is 10.2 Å². The molecule has 2 rings (SSSR count). The molecule has 1 fully saturated rings. The first-order valence-corrected chi connectivity index (χ1v) is 7.00. The Bertz CT molecular complexity index is 533. The van der Waals surface area contributed by atoms with Crippen LogP contribution in [0.5, 0.6) is 0 Å². The van der Waals surface area contributed by atoms with E-state index in [0.717, 1.165) is 17.8 Å². The van der Waals surface area contributed by atoms with E-state index in [4.69, 9.17) is 11.6 Å². The van der Waals surface area contributed by atoms with Crippen LogP contribution < -0.4 is 15.5 Å². The molecule has 0 bridgehead atoms. The highest BCUT2D eigenvalue weighted by atomic mass is 35.5. The van der Waals surface area contributed by atoms with Crippen LogP contribution in [0.2, 0.25) is 5.02 Å². The fraction of sp³-hybridized carbons (Fsp3) is 0.429. The van der Waals surface area contributed by atoms with Crippen molar-refractivity contribution in [3.63, 3.8) is 0 Å². The normalized spacial score (nSPS) is 19.1. The zero-order chi connectivity index (χ0) is 14.7. The summed E-state index contributed by atoms with van der Waals surface area (Å²) in [6.07, 6.45) is 0. The first-order chi connectivity index (χ1) is 9.54. The molecule has 1 heterocycles. The second-order valence-electron chi connectivity index (χ2n) is 4.73. The molecule has 0 spiro atoms. The minimum Gasteiger partial charge on any atom is -0.350 e. The fourth-order valence-electron chi connectivity index (χ4n) is 2.25. The van der Waals surface area contributed by atoms with Crippen molar-refractivity contribution in [2.24, 2.45) is 0 Å².